The summed E-state index contributed by atoms with van der Waals surface area (Å²) in [4.78, 5) is 13.0. The van der Waals surface area contributed by atoms with Crippen LogP contribution in [0.25, 0.3) is 0 Å². The van der Waals surface area contributed by atoms with Crippen molar-refractivity contribution in [3.05, 3.63) is 60.7 Å². The molecule has 1 aliphatic carbocycles. The van der Waals surface area contributed by atoms with E-state index in [9.17, 15) is 4.79 Å². The quantitative estimate of drug-likeness (QED) is 0.629. The third-order valence-electron chi connectivity index (χ3n) is 6.93. The highest BCUT2D eigenvalue weighted by atomic mass is 28.4. The number of ketones is 1. The summed E-state index contributed by atoms with van der Waals surface area (Å²) in [5.41, 5.74) is 0. The molecule has 1 saturated heterocycles. The van der Waals surface area contributed by atoms with Crippen LogP contribution in [0.5, 0.6) is 0 Å². The minimum absolute atomic E-state index is 0.0575. The number of carbonyl (C=O) groups is 1. The molecule has 4 rings (SSSR count). The predicted molar refractivity (Wildman–Crippen MR) is 130 cm³/mol. The van der Waals surface area contributed by atoms with Gasteiger partial charge in [-0.2, -0.15) is 0 Å². The van der Waals surface area contributed by atoms with Gasteiger partial charge in [-0.1, -0.05) is 81.4 Å². The summed E-state index contributed by atoms with van der Waals surface area (Å²) in [5.74, 6) is -0.892. The highest BCUT2D eigenvalue weighted by Crippen LogP contribution is 2.45. The van der Waals surface area contributed by atoms with Gasteiger partial charge in [0.1, 0.15) is 5.78 Å². The molecule has 1 aliphatic heterocycles. The molecule has 1 heterocycles. The molecule has 2 fully saturated rings. The number of rotatable bonds is 5. The first-order valence-electron chi connectivity index (χ1n) is 11.7. The zero-order valence-corrected chi connectivity index (χ0v) is 21.1. The molecular weight excluding hydrogens is 416 g/mol. The molecule has 32 heavy (non-hydrogen) atoms. The van der Waals surface area contributed by atoms with Gasteiger partial charge >= 0.3 is 0 Å². The molecule has 0 bridgehead atoms. The van der Waals surface area contributed by atoms with Gasteiger partial charge in [0.15, 0.2) is 5.79 Å². The Morgan fingerprint density at radius 1 is 0.938 bits per heavy atom. The third-order valence-corrected chi connectivity index (χ3v) is 12.0. The SMILES string of the molecule is CC(=O)[C@H]1[C@@H]2OC(C)(C)O[C@@H]2CC[C@@H]1O[Si](c1ccccc1)(c1ccccc1)C(C)(C)C. The third kappa shape index (κ3) is 4.12. The Morgan fingerprint density at radius 2 is 1.47 bits per heavy atom. The van der Waals surface area contributed by atoms with Gasteiger partial charge in [-0.25, -0.2) is 0 Å². The van der Waals surface area contributed by atoms with Crippen LogP contribution in [0.3, 0.4) is 0 Å². The minimum atomic E-state index is -2.75. The number of hydrogen-bond donors (Lipinski definition) is 0. The summed E-state index contributed by atoms with van der Waals surface area (Å²) < 4.78 is 19.7. The average molecular weight is 453 g/mol. The summed E-state index contributed by atoms with van der Waals surface area (Å²) in [5, 5.41) is 2.32. The van der Waals surface area contributed by atoms with E-state index in [1.54, 1.807) is 6.92 Å². The van der Waals surface area contributed by atoms with E-state index >= 15 is 0 Å². The molecular formula is C27H36O4Si. The van der Waals surface area contributed by atoms with E-state index < -0.39 is 14.1 Å². The summed E-state index contributed by atoms with van der Waals surface area (Å²) in [6.45, 7) is 12.3. The van der Waals surface area contributed by atoms with Crippen LogP contribution in [0.2, 0.25) is 5.04 Å². The molecule has 5 heteroatoms. The average Bonchev–Trinajstić information content (AvgIpc) is 3.05. The van der Waals surface area contributed by atoms with Gasteiger partial charge in [0, 0.05) is 0 Å². The molecule has 4 atom stereocenters. The summed E-state index contributed by atoms with van der Waals surface area (Å²) in [6, 6.07) is 21.2. The fourth-order valence-electron chi connectivity index (χ4n) is 5.65. The molecule has 0 spiro atoms. The van der Waals surface area contributed by atoms with E-state index in [4.69, 9.17) is 13.9 Å². The smallest absolute Gasteiger partial charge is 0.261 e. The first-order valence-corrected chi connectivity index (χ1v) is 13.6. The Balaban J connectivity index is 1.82. The molecule has 172 valence electrons. The minimum Gasteiger partial charge on any atom is -0.404 e. The lowest BCUT2D eigenvalue weighted by molar-refractivity contribution is -0.154. The van der Waals surface area contributed by atoms with Gasteiger partial charge in [0.25, 0.3) is 8.32 Å². The van der Waals surface area contributed by atoms with Gasteiger partial charge in [-0.15, -0.1) is 0 Å². The van der Waals surface area contributed by atoms with Crippen LogP contribution >= 0.6 is 0 Å². The largest absolute Gasteiger partial charge is 0.404 e. The van der Waals surface area contributed by atoms with Crippen LogP contribution in [0.1, 0.15) is 54.4 Å². The number of benzene rings is 2. The van der Waals surface area contributed by atoms with Crippen LogP contribution in [-0.4, -0.2) is 38.2 Å². The second-order valence-corrected chi connectivity index (χ2v) is 14.9. The molecule has 1 saturated carbocycles. The van der Waals surface area contributed by atoms with Crippen molar-refractivity contribution in [3.63, 3.8) is 0 Å². The maximum atomic E-state index is 13.0. The normalized spacial score (nSPS) is 27.7. The van der Waals surface area contributed by atoms with Crippen molar-refractivity contribution in [3.8, 4) is 0 Å². The number of ether oxygens (including phenoxy) is 2. The van der Waals surface area contributed by atoms with E-state index in [-0.39, 0.29) is 35.1 Å². The molecule has 0 unspecified atom stereocenters. The van der Waals surface area contributed by atoms with Crippen LogP contribution < -0.4 is 10.4 Å². The fraction of sp³-hybridized carbons (Fsp3) is 0.519. The van der Waals surface area contributed by atoms with Crippen molar-refractivity contribution in [2.45, 2.75) is 83.5 Å². The zero-order chi connectivity index (χ0) is 23.1. The molecule has 2 aromatic rings. The monoisotopic (exact) mass is 452 g/mol. The summed E-state index contributed by atoms with van der Waals surface area (Å²) in [6.07, 6.45) is 1.09. The molecule has 4 nitrogen and oxygen atoms in total. The van der Waals surface area contributed by atoms with Crippen molar-refractivity contribution in [2.75, 3.05) is 0 Å². The summed E-state index contributed by atoms with van der Waals surface area (Å²) in [7, 11) is -2.75. The Labute approximate surface area is 193 Å². The lowest BCUT2D eigenvalue weighted by atomic mass is 9.80. The summed E-state index contributed by atoms with van der Waals surface area (Å²) >= 11 is 0. The Bertz CT molecular complexity index is 896. The van der Waals surface area contributed by atoms with Gasteiger partial charge in [-0.3, -0.25) is 4.79 Å². The molecule has 0 amide bonds. The van der Waals surface area contributed by atoms with E-state index in [1.807, 2.05) is 26.0 Å². The standard InChI is InChI=1S/C27H36O4Si/c1-19(28)24-22(17-18-23-25(24)30-27(5,6)29-23)31-32(26(2,3)4,20-13-9-7-10-14-20)21-15-11-8-12-16-21/h7-16,22-25H,17-18H2,1-6H3/t22-,23+,24+,25+/m0/s1. The number of Topliss-reactive ketones (excluding diaryl/α,β-unsaturated/α-hetero) is 1. The molecule has 2 aromatic carbocycles. The number of hydrogen-bond acceptors (Lipinski definition) is 4. The fourth-order valence-corrected chi connectivity index (χ4v) is 10.4. The molecule has 0 N–H and O–H groups in total. The molecule has 2 aliphatic rings. The Hall–Kier alpha value is -1.79. The van der Waals surface area contributed by atoms with Crippen LogP contribution in [0.4, 0.5) is 0 Å². The van der Waals surface area contributed by atoms with Crippen molar-refractivity contribution >= 4 is 24.5 Å². The number of fused-ring (bicyclic) bond motifs is 1. The van der Waals surface area contributed by atoms with E-state index in [0.29, 0.717) is 0 Å². The van der Waals surface area contributed by atoms with Crippen molar-refractivity contribution in [1.29, 1.82) is 0 Å². The van der Waals surface area contributed by atoms with E-state index in [0.717, 1.165) is 12.8 Å². The lowest BCUT2D eigenvalue weighted by Gasteiger charge is -2.48. The highest BCUT2D eigenvalue weighted by Gasteiger charge is 2.57. The molecule has 0 radical (unpaired) electrons. The Kier molecular flexibility index (Phi) is 6.23. The molecule has 0 aromatic heterocycles. The van der Waals surface area contributed by atoms with Crippen LogP contribution in [0, 0.1) is 5.92 Å². The van der Waals surface area contributed by atoms with Gasteiger partial charge < -0.3 is 13.9 Å². The second-order valence-electron chi connectivity index (χ2n) is 10.7. The van der Waals surface area contributed by atoms with Crippen LogP contribution in [-0.2, 0) is 18.7 Å². The van der Waals surface area contributed by atoms with E-state index in [1.165, 1.54) is 10.4 Å². The second kappa shape index (κ2) is 8.53. The van der Waals surface area contributed by atoms with Gasteiger partial charge in [-0.05, 0) is 49.0 Å². The van der Waals surface area contributed by atoms with Crippen molar-refractivity contribution in [1.82, 2.24) is 0 Å². The first-order chi connectivity index (χ1) is 15.1. The lowest BCUT2D eigenvalue weighted by Crippen LogP contribution is -2.69. The Morgan fingerprint density at radius 3 is 1.94 bits per heavy atom. The topological polar surface area (TPSA) is 44.8 Å². The zero-order valence-electron chi connectivity index (χ0n) is 20.1. The van der Waals surface area contributed by atoms with Crippen molar-refractivity contribution < 1.29 is 18.7 Å². The highest BCUT2D eigenvalue weighted by molar-refractivity contribution is 6.99. The van der Waals surface area contributed by atoms with Crippen molar-refractivity contribution in [2.24, 2.45) is 5.92 Å². The van der Waals surface area contributed by atoms with Gasteiger partial charge in [0.05, 0.1) is 24.2 Å². The van der Waals surface area contributed by atoms with Gasteiger partial charge in [0.2, 0.25) is 0 Å². The van der Waals surface area contributed by atoms with E-state index in [2.05, 4.69) is 69.3 Å². The predicted octanol–water partition coefficient (Wildman–Crippen LogP) is 4.45. The first kappa shape index (κ1) is 23.4. The number of carbonyl (C=O) groups excluding carboxylic acids is 1. The van der Waals surface area contributed by atoms with Crippen LogP contribution in [0.15, 0.2) is 60.7 Å². The maximum Gasteiger partial charge on any atom is 0.261 e. The maximum absolute atomic E-state index is 13.0.